The second-order valence-electron chi connectivity index (χ2n) is 5.58. The van der Waals surface area contributed by atoms with Gasteiger partial charge in [-0.05, 0) is 25.2 Å². The Labute approximate surface area is 108 Å². The first-order chi connectivity index (χ1) is 8.58. The Morgan fingerprint density at radius 3 is 2.72 bits per heavy atom. The van der Waals surface area contributed by atoms with Gasteiger partial charge in [-0.2, -0.15) is 0 Å². The van der Waals surface area contributed by atoms with Gasteiger partial charge >= 0.3 is 0 Å². The van der Waals surface area contributed by atoms with Crippen molar-refractivity contribution in [2.75, 3.05) is 13.6 Å². The first kappa shape index (κ1) is 13.3. The Kier molecular flexibility index (Phi) is 4.22. The minimum Gasteiger partial charge on any atom is -0.344 e. The van der Waals surface area contributed by atoms with Gasteiger partial charge in [0.1, 0.15) is 6.04 Å². The summed E-state index contributed by atoms with van der Waals surface area (Å²) in [4.78, 5) is 25.3. The molecule has 0 bridgehead atoms. The minimum absolute atomic E-state index is 0.0222. The molecule has 102 valence electrons. The Bertz CT molecular complexity index is 332. The summed E-state index contributed by atoms with van der Waals surface area (Å²) in [6, 6.07) is -0.172. The maximum absolute atomic E-state index is 11.9. The molecule has 3 N–H and O–H groups in total. The Balaban J connectivity index is 1.80. The fourth-order valence-corrected chi connectivity index (χ4v) is 2.94. The van der Waals surface area contributed by atoms with Crippen molar-refractivity contribution in [2.24, 2.45) is 11.7 Å². The zero-order chi connectivity index (χ0) is 13.1. The number of rotatable bonds is 3. The number of hydrogen-bond acceptors (Lipinski definition) is 3. The number of nitrogens with two attached hydrogens (primary N) is 1. The molecule has 0 radical (unpaired) electrons. The zero-order valence-corrected chi connectivity index (χ0v) is 11.0. The number of amides is 2. The van der Waals surface area contributed by atoms with Crippen LogP contribution in [0, 0.1) is 5.92 Å². The highest BCUT2D eigenvalue weighted by Gasteiger charge is 2.31. The van der Waals surface area contributed by atoms with Crippen molar-refractivity contribution >= 4 is 11.8 Å². The minimum atomic E-state index is -0.317. The molecule has 2 amide bonds. The average Bonchev–Trinajstić information content (AvgIpc) is 2.64. The molecule has 5 heteroatoms. The lowest BCUT2D eigenvalue weighted by Gasteiger charge is -2.28. The molecule has 2 aliphatic rings. The molecule has 0 aromatic carbocycles. The third kappa shape index (κ3) is 3.02. The summed E-state index contributed by atoms with van der Waals surface area (Å²) < 4.78 is 0. The maximum Gasteiger partial charge on any atom is 0.244 e. The van der Waals surface area contributed by atoms with Crippen molar-refractivity contribution < 1.29 is 9.59 Å². The van der Waals surface area contributed by atoms with Crippen LogP contribution in [0.1, 0.15) is 38.5 Å². The normalized spacial score (nSPS) is 32.7. The van der Waals surface area contributed by atoms with Crippen molar-refractivity contribution in [3.05, 3.63) is 0 Å². The van der Waals surface area contributed by atoms with Gasteiger partial charge in [0.2, 0.25) is 11.8 Å². The summed E-state index contributed by atoms with van der Waals surface area (Å²) in [5, 5.41) is 2.84. The van der Waals surface area contributed by atoms with Crippen LogP contribution >= 0.6 is 0 Å². The van der Waals surface area contributed by atoms with Crippen LogP contribution < -0.4 is 11.1 Å². The predicted octanol–water partition coefficient (Wildman–Crippen LogP) is 0.241. The van der Waals surface area contributed by atoms with Crippen molar-refractivity contribution in [3.8, 4) is 0 Å². The van der Waals surface area contributed by atoms with Gasteiger partial charge in [0, 0.05) is 26.1 Å². The van der Waals surface area contributed by atoms with Crippen LogP contribution in [0.4, 0.5) is 0 Å². The molecule has 3 unspecified atom stereocenters. The molecule has 2 rings (SSSR count). The summed E-state index contributed by atoms with van der Waals surface area (Å²) in [5.74, 6) is 0.287. The molecular weight excluding hydrogens is 230 g/mol. The zero-order valence-electron chi connectivity index (χ0n) is 11.0. The predicted molar refractivity (Wildman–Crippen MR) is 68.7 cm³/mol. The molecule has 18 heavy (non-hydrogen) atoms. The summed E-state index contributed by atoms with van der Waals surface area (Å²) in [6.07, 6.45) is 5.57. The number of nitrogens with zero attached hydrogens (tertiary/aromatic N) is 1. The van der Waals surface area contributed by atoms with Crippen molar-refractivity contribution in [2.45, 2.75) is 50.6 Å². The molecule has 1 aliphatic carbocycles. The fourth-order valence-electron chi connectivity index (χ4n) is 2.94. The Hall–Kier alpha value is -1.10. The van der Waals surface area contributed by atoms with E-state index in [4.69, 9.17) is 5.73 Å². The average molecular weight is 253 g/mol. The first-order valence-corrected chi connectivity index (χ1v) is 6.88. The van der Waals surface area contributed by atoms with E-state index in [9.17, 15) is 9.59 Å². The molecule has 1 aliphatic heterocycles. The lowest BCUT2D eigenvalue weighted by atomic mass is 9.83. The Morgan fingerprint density at radius 2 is 2.11 bits per heavy atom. The third-order valence-electron chi connectivity index (χ3n) is 4.18. The lowest BCUT2D eigenvalue weighted by molar-refractivity contribution is -0.132. The largest absolute Gasteiger partial charge is 0.344 e. The highest BCUT2D eigenvalue weighted by Crippen LogP contribution is 2.25. The number of carbonyl (C=O) groups is 2. The van der Waals surface area contributed by atoms with E-state index in [0.29, 0.717) is 6.42 Å². The maximum atomic E-state index is 11.9. The van der Waals surface area contributed by atoms with Crippen LogP contribution in [0.2, 0.25) is 0 Å². The summed E-state index contributed by atoms with van der Waals surface area (Å²) in [7, 11) is 1.77. The monoisotopic (exact) mass is 253 g/mol. The number of carbonyl (C=O) groups excluding carboxylic acids is 2. The van der Waals surface area contributed by atoms with Gasteiger partial charge in [0.15, 0.2) is 0 Å². The number of likely N-dealkylation sites (tertiary alicyclic amines) is 1. The molecule has 0 aromatic rings. The van der Waals surface area contributed by atoms with E-state index in [2.05, 4.69) is 5.32 Å². The standard InChI is InChI=1S/C13H23N3O2/c1-16-7-6-11(13(16)18)15-12(17)8-9-4-2-3-5-10(9)14/h9-11H,2-8,14H2,1H3,(H,15,17). The van der Waals surface area contributed by atoms with Gasteiger partial charge < -0.3 is 16.0 Å². The van der Waals surface area contributed by atoms with E-state index in [-0.39, 0.29) is 29.8 Å². The van der Waals surface area contributed by atoms with Crippen molar-refractivity contribution in [1.29, 1.82) is 0 Å². The molecule has 1 saturated carbocycles. The van der Waals surface area contributed by atoms with Crippen LogP contribution in [-0.2, 0) is 9.59 Å². The quantitative estimate of drug-likeness (QED) is 0.756. The van der Waals surface area contributed by atoms with Crippen LogP contribution in [0.25, 0.3) is 0 Å². The molecule has 5 nitrogen and oxygen atoms in total. The van der Waals surface area contributed by atoms with E-state index in [0.717, 1.165) is 32.2 Å². The topological polar surface area (TPSA) is 75.4 Å². The van der Waals surface area contributed by atoms with Crippen LogP contribution in [0.5, 0.6) is 0 Å². The number of hydrogen-bond donors (Lipinski definition) is 2. The molecule has 3 atom stereocenters. The molecule has 0 aromatic heterocycles. The van der Waals surface area contributed by atoms with E-state index >= 15 is 0 Å². The number of nitrogens with one attached hydrogen (secondary N) is 1. The molecule has 2 fully saturated rings. The molecule has 1 saturated heterocycles. The van der Waals surface area contributed by atoms with E-state index in [1.54, 1.807) is 11.9 Å². The second-order valence-corrected chi connectivity index (χ2v) is 5.58. The van der Waals surface area contributed by atoms with E-state index < -0.39 is 0 Å². The van der Waals surface area contributed by atoms with E-state index in [1.807, 2.05) is 0 Å². The fraction of sp³-hybridized carbons (Fsp3) is 0.846. The van der Waals surface area contributed by atoms with Gasteiger partial charge in [0.25, 0.3) is 0 Å². The van der Waals surface area contributed by atoms with E-state index in [1.165, 1.54) is 6.42 Å². The van der Waals surface area contributed by atoms with Gasteiger partial charge in [-0.3, -0.25) is 9.59 Å². The van der Waals surface area contributed by atoms with Crippen LogP contribution in [-0.4, -0.2) is 42.4 Å². The SMILES string of the molecule is CN1CCC(NC(=O)CC2CCCCC2N)C1=O. The van der Waals surface area contributed by atoms with Crippen molar-refractivity contribution in [3.63, 3.8) is 0 Å². The third-order valence-corrected chi connectivity index (χ3v) is 4.18. The van der Waals surface area contributed by atoms with Gasteiger partial charge in [-0.15, -0.1) is 0 Å². The van der Waals surface area contributed by atoms with Gasteiger partial charge in [0.05, 0.1) is 0 Å². The molecular formula is C13H23N3O2. The van der Waals surface area contributed by atoms with Gasteiger partial charge in [-0.1, -0.05) is 12.8 Å². The highest BCUT2D eigenvalue weighted by atomic mass is 16.2. The second kappa shape index (κ2) is 5.69. The summed E-state index contributed by atoms with van der Waals surface area (Å²) >= 11 is 0. The molecule has 0 spiro atoms. The molecule has 1 heterocycles. The highest BCUT2D eigenvalue weighted by molar-refractivity contribution is 5.89. The van der Waals surface area contributed by atoms with Crippen LogP contribution in [0.3, 0.4) is 0 Å². The summed E-state index contributed by atoms with van der Waals surface area (Å²) in [6.45, 7) is 0.729. The first-order valence-electron chi connectivity index (χ1n) is 6.88. The van der Waals surface area contributed by atoms with Crippen LogP contribution in [0.15, 0.2) is 0 Å². The number of likely N-dealkylation sites (N-methyl/N-ethyl adjacent to an activating group) is 1. The van der Waals surface area contributed by atoms with Crippen molar-refractivity contribution in [1.82, 2.24) is 10.2 Å². The Morgan fingerprint density at radius 1 is 1.39 bits per heavy atom. The van der Waals surface area contributed by atoms with Gasteiger partial charge in [-0.25, -0.2) is 0 Å². The smallest absolute Gasteiger partial charge is 0.244 e. The lowest BCUT2D eigenvalue weighted by Crippen LogP contribution is -2.43. The summed E-state index contributed by atoms with van der Waals surface area (Å²) in [5.41, 5.74) is 6.03.